The van der Waals surface area contributed by atoms with Crippen LogP contribution in [0.4, 0.5) is 0 Å². The Hall–Kier alpha value is -0.930. The van der Waals surface area contributed by atoms with Crippen LogP contribution in [-0.2, 0) is 5.11 Å². The van der Waals surface area contributed by atoms with Gasteiger partial charge in [-0.05, 0) is 12.1 Å². The molecule has 0 aromatic heterocycles. The normalized spacial score (nSPS) is 9.18. The van der Waals surface area contributed by atoms with Crippen molar-refractivity contribution in [2.24, 2.45) is 0 Å². The van der Waals surface area contributed by atoms with Crippen LogP contribution in [0, 0.1) is 0 Å². The van der Waals surface area contributed by atoms with Crippen molar-refractivity contribution in [2.45, 2.75) is 0 Å². The van der Waals surface area contributed by atoms with E-state index < -0.39 is 6.79 Å². The highest BCUT2D eigenvalue weighted by atomic mass is 32.1. The van der Waals surface area contributed by atoms with Gasteiger partial charge in [-0.2, -0.15) is 5.11 Å². The second-order valence-corrected chi connectivity index (χ2v) is 2.06. The zero-order valence-corrected chi connectivity index (χ0v) is 6.56. The molecule has 0 saturated carbocycles. The molecule has 2 nitrogen and oxygen atoms in total. The maximum absolute atomic E-state index is 10.1. The van der Waals surface area contributed by atoms with E-state index in [-0.39, 0.29) is 0 Å². The Balaban J connectivity index is 2.92. The van der Waals surface area contributed by atoms with Gasteiger partial charge < -0.3 is 4.74 Å². The molecule has 0 fully saturated rings. The molecule has 0 atom stereocenters. The summed E-state index contributed by atoms with van der Waals surface area (Å²) in [6.07, 6.45) is 0. The first kappa shape index (κ1) is 8.17. The topological polar surface area (TPSA) is 29.1 Å². The summed E-state index contributed by atoms with van der Waals surface area (Å²) in [4.78, 5) is 0. The van der Waals surface area contributed by atoms with Crippen molar-refractivity contribution in [3.63, 3.8) is 0 Å². The lowest BCUT2D eigenvalue weighted by Gasteiger charge is -2.02. The molecule has 0 aliphatic rings. The van der Waals surface area contributed by atoms with Crippen molar-refractivity contribution in [1.82, 2.24) is 0 Å². The number of hydrogen-bond acceptors (Lipinski definition) is 2. The zero-order chi connectivity index (χ0) is 8.10. The van der Waals surface area contributed by atoms with Crippen molar-refractivity contribution in [2.75, 3.05) is 6.79 Å². The van der Waals surface area contributed by atoms with Gasteiger partial charge in [0, 0.05) is 5.56 Å². The van der Waals surface area contributed by atoms with E-state index in [9.17, 15) is 5.11 Å². The molecular weight excluding hydrogens is 160 g/mol. The van der Waals surface area contributed by atoms with Gasteiger partial charge in [0.1, 0.15) is 5.75 Å². The van der Waals surface area contributed by atoms with Crippen LogP contribution in [0.25, 0.3) is 0 Å². The minimum Gasteiger partial charge on any atom is -0.464 e. The van der Waals surface area contributed by atoms with Crippen LogP contribution in [0.3, 0.4) is 0 Å². The second-order valence-electron chi connectivity index (χ2n) is 1.86. The predicted octanol–water partition coefficient (Wildman–Crippen LogP) is 1.68. The van der Waals surface area contributed by atoms with Crippen LogP contribution < -0.4 is 4.74 Å². The van der Waals surface area contributed by atoms with Gasteiger partial charge in [-0.15, -0.1) is 0 Å². The summed E-state index contributed by atoms with van der Waals surface area (Å²) in [5.74, 6) is 0.498. The Kier molecular flexibility index (Phi) is 3.01. The molecule has 56 valence electrons. The van der Waals surface area contributed by atoms with Gasteiger partial charge in [-0.25, -0.2) is 0 Å². The van der Waals surface area contributed by atoms with E-state index in [1.165, 1.54) is 0 Å². The number of rotatable bonds is 3. The minimum atomic E-state index is -0.589. The molecule has 3 heteroatoms. The van der Waals surface area contributed by atoms with E-state index in [1.807, 2.05) is 6.07 Å². The Morgan fingerprint density at radius 2 is 2.18 bits per heavy atom. The fraction of sp³-hybridized carbons (Fsp3) is 0.125. The lowest BCUT2D eigenvalue weighted by atomic mass is 10.2. The third-order valence-corrected chi connectivity index (χ3v) is 1.43. The summed E-state index contributed by atoms with van der Waals surface area (Å²) >= 11 is 4.59. The predicted molar refractivity (Wildman–Crippen MR) is 44.3 cm³/mol. The number of thiocarbonyl (C=S) groups is 1. The highest BCUT2D eigenvalue weighted by Gasteiger charge is 1.97. The molecule has 0 spiro atoms. The van der Waals surface area contributed by atoms with Crippen LogP contribution in [0.5, 0.6) is 5.75 Å². The molecular formula is C8H6O2S. The molecule has 11 heavy (non-hydrogen) atoms. The average molecular weight is 166 g/mol. The molecule has 0 aliphatic heterocycles. The maximum Gasteiger partial charge on any atom is 0.221 e. The minimum absolute atomic E-state index is 0.498. The highest BCUT2D eigenvalue weighted by molar-refractivity contribution is 7.79. The van der Waals surface area contributed by atoms with Crippen molar-refractivity contribution < 1.29 is 9.84 Å². The van der Waals surface area contributed by atoms with Gasteiger partial charge in [0.05, 0.1) is 5.37 Å². The average Bonchev–Trinajstić information content (AvgIpc) is 2.06. The van der Waals surface area contributed by atoms with Crippen LogP contribution in [0.15, 0.2) is 24.3 Å². The SMILES string of the molecule is [O]COc1ccccc1[C]=S. The molecule has 0 saturated heterocycles. The van der Waals surface area contributed by atoms with Crippen LogP contribution in [0.2, 0.25) is 0 Å². The smallest absolute Gasteiger partial charge is 0.221 e. The first-order valence-corrected chi connectivity index (χ1v) is 3.47. The van der Waals surface area contributed by atoms with Gasteiger partial charge >= 0.3 is 0 Å². The molecule has 0 unspecified atom stereocenters. The summed E-state index contributed by atoms with van der Waals surface area (Å²) in [5.41, 5.74) is 0.651. The molecule has 1 aromatic carbocycles. The first-order valence-electron chi connectivity index (χ1n) is 3.06. The summed E-state index contributed by atoms with van der Waals surface area (Å²) < 4.78 is 4.74. The maximum atomic E-state index is 10.1. The Morgan fingerprint density at radius 3 is 2.82 bits per heavy atom. The van der Waals surface area contributed by atoms with E-state index >= 15 is 0 Å². The fourth-order valence-corrected chi connectivity index (χ4v) is 0.909. The lowest BCUT2D eigenvalue weighted by molar-refractivity contribution is 0.0375. The van der Waals surface area contributed by atoms with Crippen LogP contribution in [0.1, 0.15) is 5.56 Å². The van der Waals surface area contributed by atoms with E-state index in [0.29, 0.717) is 11.3 Å². The van der Waals surface area contributed by atoms with Crippen molar-refractivity contribution >= 4 is 17.6 Å². The van der Waals surface area contributed by atoms with Gasteiger partial charge in [0.15, 0.2) is 0 Å². The van der Waals surface area contributed by atoms with E-state index in [4.69, 9.17) is 4.74 Å². The number of benzene rings is 1. The van der Waals surface area contributed by atoms with Gasteiger partial charge in [0.2, 0.25) is 6.79 Å². The van der Waals surface area contributed by atoms with E-state index in [2.05, 4.69) is 17.6 Å². The zero-order valence-electron chi connectivity index (χ0n) is 5.74. The monoisotopic (exact) mass is 166 g/mol. The van der Waals surface area contributed by atoms with Gasteiger partial charge in [-0.1, -0.05) is 24.4 Å². The summed E-state index contributed by atoms with van der Waals surface area (Å²) in [6.45, 7) is -0.589. The van der Waals surface area contributed by atoms with Crippen LogP contribution in [-0.4, -0.2) is 12.2 Å². The third-order valence-electron chi connectivity index (χ3n) is 1.21. The van der Waals surface area contributed by atoms with Gasteiger partial charge in [0.25, 0.3) is 0 Å². The Bertz CT molecular complexity index is 248. The molecule has 1 rings (SSSR count). The summed E-state index contributed by atoms with van der Waals surface area (Å²) in [5, 5.41) is 12.6. The molecule has 0 aliphatic carbocycles. The number of ether oxygens (including phenoxy) is 1. The second kappa shape index (κ2) is 4.05. The summed E-state index contributed by atoms with van der Waals surface area (Å²) in [6, 6.07) is 7.03. The largest absolute Gasteiger partial charge is 0.464 e. The molecule has 0 N–H and O–H groups in total. The van der Waals surface area contributed by atoms with Crippen LogP contribution >= 0.6 is 12.2 Å². The fourth-order valence-electron chi connectivity index (χ4n) is 0.740. The molecule has 0 bridgehead atoms. The number of hydrogen-bond donors (Lipinski definition) is 0. The molecule has 1 aromatic rings. The van der Waals surface area contributed by atoms with Crippen molar-refractivity contribution in [3.8, 4) is 5.75 Å². The number of para-hydroxylation sites is 1. The molecule has 0 heterocycles. The van der Waals surface area contributed by atoms with Gasteiger partial charge in [-0.3, -0.25) is 0 Å². The lowest BCUT2D eigenvalue weighted by Crippen LogP contribution is -1.95. The highest BCUT2D eigenvalue weighted by Crippen LogP contribution is 2.15. The quantitative estimate of drug-likeness (QED) is 0.505. The first-order chi connectivity index (χ1) is 5.38. The third kappa shape index (κ3) is 2.00. The standard InChI is InChI=1S/C8H6O2S/c9-6-10-8-4-2-1-3-7(8)5-11/h1-4H,6H2. The molecule has 2 radical (unpaired) electrons. The Morgan fingerprint density at radius 1 is 1.45 bits per heavy atom. The van der Waals surface area contributed by atoms with E-state index in [0.717, 1.165) is 0 Å². The Labute approximate surface area is 70.4 Å². The van der Waals surface area contributed by atoms with E-state index in [1.54, 1.807) is 18.2 Å². The summed E-state index contributed by atoms with van der Waals surface area (Å²) in [7, 11) is 0. The van der Waals surface area contributed by atoms with Crippen molar-refractivity contribution in [1.29, 1.82) is 0 Å². The molecule has 0 amide bonds. The van der Waals surface area contributed by atoms with Crippen molar-refractivity contribution in [3.05, 3.63) is 29.8 Å².